The summed E-state index contributed by atoms with van der Waals surface area (Å²) in [6.45, 7) is 7.34. The summed E-state index contributed by atoms with van der Waals surface area (Å²) in [5, 5.41) is 20.8. The Hall–Kier alpha value is -3.14. The van der Waals surface area contributed by atoms with Crippen molar-refractivity contribution in [3.8, 4) is 5.75 Å². The van der Waals surface area contributed by atoms with Gasteiger partial charge in [0.1, 0.15) is 22.7 Å². The Bertz CT molecular complexity index is 890. The molecule has 0 saturated carbocycles. The first-order chi connectivity index (χ1) is 12.1. The number of pyridine rings is 1. The van der Waals surface area contributed by atoms with E-state index in [1.165, 1.54) is 6.08 Å². The molecule has 0 radical (unpaired) electrons. The number of benzene rings is 1. The van der Waals surface area contributed by atoms with Crippen LogP contribution in [0.2, 0.25) is 0 Å². The van der Waals surface area contributed by atoms with Gasteiger partial charge in [-0.05, 0) is 44.2 Å². The number of aliphatic hydroxyl groups is 1. The van der Waals surface area contributed by atoms with Crippen LogP contribution in [0.3, 0.4) is 0 Å². The van der Waals surface area contributed by atoms with Crippen molar-refractivity contribution in [3.05, 3.63) is 84.4 Å². The number of phenols is 1. The molecule has 0 spiro atoms. The molecule has 1 aromatic carbocycles. The van der Waals surface area contributed by atoms with Gasteiger partial charge in [-0.25, -0.2) is 9.98 Å². The van der Waals surface area contributed by atoms with Gasteiger partial charge in [0.05, 0.1) is 0 Å². The van der Waals surface area contributed by atoms with E-state index in [0.29, 0.717) is 17.6 Å². The summed E-state index contributed by atoms with van der Waals surface area (Å²) in [6.07, 6.45) is 9.11. The summed E-state index contributed by atoms with van der Waals surface area (Å²) >= 11 is 0. The average molecular weight is 334 g/mol. The molecule has 4 heteroatoms. The SMILES string of the molecule is C=C/C(O)=C(\C=C/C)/N=C(\C=C/C)Cc1ccc2cccc(O)c2n1. The van der Waals surface area contributed by atoms with E-state index in [0.717, 1.165) is 16.8 Å². The second-order valence-electron chi connectivity index (χ2n) is 5.41. The van der Waals surface area contributed by atoms with Gasteiger partial charge < -0.3 is 10.2 Å². The normalized spacial score (nSPS) is 13.6. The van der Waals surface area contributed by atoms with E-state index in [1.54, 1.807) is 24.3 Å². The number of rotatable bonds is 6. The summed E-state index contributed by atoms with van der Waals surface area (Å²) in [4.78, 5) is 9.06. The molecule has 128 valence electrons. The van der Waals surface area contributed by atoms with E-state index in [1.807, 2.05) is 44.2 Å². The van der Waals surface area contributed by atoms with Crippen molar-refractivity contribution < 1.29 is 10.2 Å². The lowest BCUT2D eigenvalue weighted by atomic mass is 10.1. The van der Waals surface area contributed by atoms with Gasteiger partial charge in [-0.3, -0.25) is 0 Å². The fraction of sp³-hybridized carbons (Fsp3) is 0.143. The maximum Gasteiger partial charge on any atom is 0.141 e. The molecule has 0 aliphatic heterocycles. The number of para-hydroxylation sites is 1. The van der Waals surface area contributed by atoms with E-state index in [9.17, 15) is 10.2 Å². The van der Waals surface area contributed by atoms with Gasteiger partial charge in [0.25, 0.3) is 0 Å². The topological polar surface area (TPSA) is 65.7 Å². The molecule has 0 fully saturated rings. The lowest BCUT2D eigenvalue weighted by Crippen LogP contribution is -2.03. The predicted molar refractivity (Wildman–Crippen MR) is 104 cm³/mol. The summed E-state index contributed by atoms with van der Waals surface area (Å²) in [7, 11) is 0. The molecule has 2 aromatic rings. The van der Waals surface area contributed by atoms with Crippen LogP contribution in [0.4, 0.5) is 0 Å². The number of hydrogen-bond acceptors (Lipinski definition) is 4. The van der Waals surface area contributed by atoms with Crippen molar-refractivity contribution in [1.82, 2.24) is 4.98 Å². The van der Waals surface area contributed by atoms with Gasteiger partial charge >= 0.3 is 0 Å². The molecule has 0 amide bonds. The standard InChI is InChI=1S/C21H22N2O2/c1-4-8-16(22-18(9-5-2)19(24)6-3)14-17-13-12-15-10-7-11-20(25)21(15)23-17/h4-13,24-25H,3,14H2,1-2H3/b8-4-,9-5-,19-18-,22-16+. The molecular weight excluding hydrogens is 312 g/mol. The van der Waals surface area contributed by atoms with Crippen LogP contribution in [-0.4, -0.2) is 20.9 Å². The third-order valence-corrected chi connectivity index (χ3v) is 3.52. The highest BCUT2D eigenvalue weighted by Crippen LogP contribution is 2.22. The van der Waals surface area contributed by atoms with Crippen molar-refractivity contribution in [2.75, 3.05) is 0 Å². The Kier molecular flexibility index (Phi) is 6.29. The van der Waals surface area contributed by atoms with Crippen molar-refractivity contribution in [1.29, 1.82) is 0 Å². The first kappa shape index (κ1) is 18.2. The van der Waals surface area contributed by atoms with Crippen LogP contribution in [-0.2, 0) is 6.42 Å². The molecular formula is C21H22N2O2. The zero-order valence-corrected chi connectivity index (χ0v) is 14.5. The molecule has 1 aromatic heterocycles. The van der Waals surface area contributed by atoms with Gasteiger partial charge in [-0.1, -0.05) is 36.9 Å². The van der Waals surface area contributed by atoms with Crippen LogP contribution in [0.15, 0.2) is 83.7 Å². The van der Waals surface area contributed by atoms with Crippen LogP contribution in [0.25, 0.3) is 10.9 Å². The lowest BCUT2D eigenvalue weighted by molar-refractivity contribution is 0.427. The molecule has 0 saturated heterocycles. The van der Waals surface area contributed by atoms with E-state index in [2.05, 4.69) is 16.6 Å². The van der Waals surface area contributed by atoms with E-state index >= 15 is 0 Å². The molecule has 4 nitrogen and oxygen atoms in total. The van der Waals surface area contributed by atoms with Crippen LogP contribution in [0, 0.1) is 0 Å². The van der Waals surface area contributed by atoms with Crippen LogP contribution >= 0.6 is 0 Å². The van der Waals surface area contributed by atoms with Gasteiger partial charge in [0.2, 0.25) is 0 Å². The number of aromatic hydroxyl groups is 1. The van der Waals surface area contributed by atoms with Crippen molar-refractivity contribution in [2.45, 2.75) is 20.3 Å². The molecule has 0 bridgehead atoms. The first-order valence-electron chi connectivity index (χ1n) is 8.05. The second-order valence-corrected chi connectivity index (χ2v) is 5.41. The van der Waals surface area contributed by atoms with Gasteiger partial charge in [-0.2, -0.15) is 0 Å². The Morgan fingerprint density at radius 2 is 1.92 bits per heavy atom. The van der Waals surface area contributed by atoms with Crippen molar-refractivity contribution >= 4 is 16.6 Å². The Morgan fingerprint density at radius 3 is 2.60 bits per heavy atom. The first-order valence-corrected chi connectivity index (χ1v) is 8.05. The molecule has 0 atom stereocenters. The largest absolute Gasteiger partial charge is 0.506 e. The Labute approximate surface area is 147 Å². The van der Waals surface area contributed by atoms with Gasteiger partial charge in [0, 0.05) is 23.2 Å². The number of fused-ring (bicyclic) bond motifs is 1. The zero-order chi connectivity index (χ0) is 18.2. The minimum absolute atomic E-state index is 0.0178. The Balaban J connectivity index is 2.44. The maximum atomic E-state index is 9.99. The lowest BCUT2D eigenvalue weighted by Gasteiger charge is -2.06. The molecule has 25 heavy (non-hydrogen) atoms. The summed E-state index contributed by atoms with van der Waals surface area (Å²) in [5.74, 6) is 0.173. The average Bonchev–Trinajstić information content (AvgIpc) is 2.61. The molecule has 2 rings (SSSR count). The van der Waals surface area contributed by atoms with E-state index in [-0.39, 0.29) is 11.5 Å². The van der Waals surface area contributed by atoms with Crippen LogP contribution in [0.5, 0.6) is 5.75 Å². The number of aliphatic hydroxyl groups excluding tert-OH is 1. The summed E-state index contributed by atoms with van der Waals surface area (Å²) in [6, 6.07) is 9.15. The van der Waals surface area contributed by atoms with Crippen molar-refractivity contribution in [2.24, 2.45) is 4.99 Å². The number of hydrogen-bond donors (Lipinski definition) is 2. The fourth-order valence-electron chi connectivity index (χ4n) is 2.38. The highest BCUT2D eigenvalue weighted by molar-refractivity contribution is 5.97. The molecule has 0 aliphatic carbocycles. The van der Waals surface area contributed by atoms with E-state index in [4.69, 9.17) is 0 Å². The van der Waals surface area contributed by atoms with Gasteiger partial charge in [-0.15, -0.1) is 0 Å². The quantitative estimate of drug-likeness (QED) is 0.442. The maximum absolute atomic E-state index is 9.99. The molecule has 1 heterocycles. The number of aromatic nitrogens is 1. The smallest absolute Gasteiger partial charge is 0.141 e. The van der Waals surface area contributed by atoms with E-state index < -0.39 is 0 Å². The number of phenolic OH excluding ortho intramolecular Hbond substituents is 1. The molecule has 0 unspecified atom stereocenters. The van der Waals surface area contributed by atoms with Crippen LogP contribution in [0.1, 0.15) is 19.5 Å². The van der Waals surface area contributed by atoms with Crippen LogP contribution < -0.4 is 0 Å². The monoisotopic (exact) mass is 334 g/mol. The highest BCUT2D eigenvalue weighted by Gasteiger charge is 2.06. The summed E-state index contributed by atoms with van der Waals surface area (Å²) < 4.78 is 0. The fourth-order valence-corrected chi connectivity index (χ4v) is 2.38. The molecule has 2 N–H and O–H groups in total. The molecule has 0 aliphatic rings. The van der Waals surface area contributed by atoms with Gasteiger partial charge in [0.15, 0.2) is 0 Å². The second kappa shape index (κ2) is 8.64. The highest BCUT2D eigenvalue weighted by atomic mass is 16.3. The zero-order valence-electron chi connectivity index (χ0n) is 14.5. The number of allylic oxidation sites excluding steroid dienone is 5. The third-order valence-electron chi connectivity index (χ3n) is 3.52. The van der Waals surface area contributed by atoms with Crippen molar-refractivity contribution in [3.63, 3.8) is 0 Å². The third kappa shape index (κ3) is 4.67. The number of nitrogens with zero attached hydrogens (tertiary/aromatic N) is 2. The minimum atomic E-state index is 0.0178. The number of aliphatic imine (C=N–C) groups is 1. The Morgan fingerprint density at radius 1 is 1.16 bits per heavy atom. The predicted octanol–water partition coefficient (Wildman–Crippen LogP) is 5.03. The minimum Gasteiger partial charge on any atom is -0.506 e. The summed E-state index contributed by atoms with van der Waals surface area (Å²) in [5.41, 5.74) is 2.53.